The summed E-state index contributed by atoms with van der Waals surface area (Å²) < 4.78 is 5.58. The summed E-state index contributed by atoms with van der Waals surface area (Å²) in [6, 6.07) is 9.79. The van der Waals surface area contributed by atoms with Gasteiger partial charge in [-0.15, -0.1) is 0 Å². The molecule has 2 unspecified atom stereocenters. The Balaban J connectivity index is 2.01. The standard InChI is InChI=1S/C15H15NO3/c1-9-2-3-10-8-11(4-5-13(10)16-9)14-12(15(17)18)6-7-19-14/h2-5,8,12,14H,6-7H2,1H3,(H,17,18). The first-order chi connectivity index (χ1) is 9.15. The van der Waals surface area contributed by atoms with E-state index in [0.717, 1.165) is 22.2 Å². The first-order valence-corrected chi connectivity index (χ1v) is 6.37. The van der Waals surface area contributed by atoms with Gasteiger partial charge in [0.2, 0.25) is 0 Å². The van der Waals surface area contributed by atoms with Gasteiger partial charge in [-0.1, -0.05) is 12.1 Å². The zero-order chi connectivity index (χ0) is 13.4. The van der Waals surface area contributed by atoms with Gasteiger partial charge in [0.25, 0.3) is 0 Å². The fraction of sp³-hybridized carbons (Fsp3) is 0.333. The number of aromatic nitrogens is 1. The number of carboxylic acids is 1. The highest BCUT2D eigenvalue weighted by atomic mass is 16.5. The Bertz CT molecular complexity index is 638. The average molecular weight is 257 g/mol. The number of rotatable bonds is 2. The Hall–Kier alpha value is -1.94. The zero-order valence-corrected chi connectivity index (χ0v) is 10.7. The van der Waals surface area contributed by atoms with E-state index in [1.807, 2.05) is 37.3 Å². The number of aliphatic carboxylic acids is 1. The molecule has 0 saturated carbocycles. The van der Waals surface area contributed by atoms with Crippen LogP contribution in [0.25, 0.3) is 10.9 Å². The topological polar surface area (TPSA) is 59.4 Å². The van der Waals surface area contributed by atoms with Crippen molar-refractivity contribution in [1.82, 2.24) is 4.98 Å². The van der Waals surface area contributed by atoms with Gasteiger partial charge in [-0.25, -0.2) is 0 Å². The summed E-state index contributed by atoms with van der Waals surface area (Å²) in [5.74, 6) is -1.24. The van der Waals surface area contributed by atoms with Crippen LogP contribution < -0.4 is 0 Å². The number of aryl methyl sites for hydroxylation is 1. The molecule has 1 aliphatic rings. The van der Waals surface area contributed by atoms with E-state index >= 15 is 0 Å². The lowest BCUT2D eigenvalue weighted by Gasteiger charge is -2.15. The van der Waals surface area contributed by atoms with Gasteiger partial charge in [0.05, 0.1) is 17.5 Å². The molecule has 98 valence electrons. The Kier molecular flexibility index (Phi) is 2.95. The molecule has 0 bridgehead atoms. The highest BCUT2D eigenvalue weighted by Crippen LogP contribution is 2.35. The number of carboxylic acid groups (broad SMARTS) is 1. The minimum atomic E-state index is -0.787. The van der Waals surface area contributed by atoms with Crippen molar-refractivity contribution in [3.05, 3.63) is 41.6 Å². The average Bonchev–Trinajstić information content (AvgIpc) is 2.87. The fourth-order valence-corrected chi connectivity index (χ4v) is 2.59. The molecule has 0 amide bonds. The number of hydrogen-bond acceptors (Lipinski definition) is 3. The molecule has 1 N–H and O–H groups in total. The number of pyridine rings is 1. The first kappa shape index (κ1) is 12.1. The molecule has 0 spiro atoms. The predicted molar refractivity (Wildman–Crippen MR) is 70.9 cm³/mol. The summed E-state index contributed by atoms with van der Waals surface area (Å²) in [6.45, 7) is 2.46. The van der Waals surface area contributed by atoms with Crippen LogP contribution in [-0.4, -0.2) is 22.7 Å². The molecule has 1 aromatic heterocycles. The molecule has 1 saturated heterocycles. The molecule has 19 heavy (non-hydrogen) atoms. The molecule has 2 atom stereocenters. The summed E-state index contributed by atoms with van der Waals surface area (Å²) in [5, 5.41) is 10.2. The lowest BCUT2D eigenvalue weighted by Crippen LogP contribution is -2.17. The molecule has 1 aromatic carbocycles. The van der Waals surface area contributed by atoms with Gasteiger partial charge in [0.15, 0.2) is 0 Å². The van der Waals surface area contributed by atoms with Gasteiger partial charge in [-0.3, -0.25) is 9.78 Å². The van der Waals surface area contributed by atoms with Gasteiger partial charge in [-0.05, 0) is 37.1 Å². The van der Waals surface area contributed by atoms with Crippen LogP contribution >= 0.6 is 0 Å². The molecule has 1 fully saturated rings. The molecule has 0 radical (unpaired) electrons. The van der Waals surface area contributed by atoms with Crippen molar-refractivity contribution in [3.8, 4) is 0 Å². The number of carbonyl (C=O) groups is 1. The summed E-state index contributed by atoms with van der Waals surface area (Å²) in [4.78, 5) is 15.6. The molecular weight excluding hydrogens is 242 g/mol. The summed E-state index contributed by atoms with van der Waals surface area (Å²) in [6.07, 6.45) is 0.229. The third kappa shape index (κ3) is 2.19. The summed E-state index contributed by atoms with van der Waals surface area (Å²) >= 11 is 0. The molecule has 4 heteroatoms. The molecule has 2 heterocycles. The largest absolute Gasteiger partial charge is 0.481 e. The quantitative estimate of drug-likeness (QED) is 0.898. The lowest BCUT2D eigenvalue weighted by molar-refractivity contribution is -0.143. The van der Waals surface area contributed by atoms with Crippen molar-refractivity contribution < 1.29 is 14.6 Å². The maximum Gasteiger partial charge on any atom is 0.309 e. The van der Waals surface area contributed by atoms with Crippen molar-refractivity contribution in [3.63, 3.8) is 0 Å². The fourth-order valence-electron chi connectivity index (χ4n) is 2.59. The molecule has 0 aliphatic carbocycles. The van der Waals surface area contributed by atoms with Crippen LogP contribution in [0.1, 0.15) is 23.8 Å². The number of nitrogens with zero attached hydrogens (tertiary/aromatic N) is 1. The minimum absolute atomic E-state index is 0.344. The van der Waals surface area contributed by atoms with E-state index in [-0.39, 0.29) is 6.10 Å². The van der Waals surface area contributed by atoms with Crippen molar-refractivity contribution in [1.29, 1.82) is 0 Å². The van der Waals surface area contributed by atoms with Gasteiger partial charge in [0, 0.05) is 17.7 Å². The maximum absolute atomic E-state index is 11.2. The van der Waals surface area contributed by atoms with Crippen molar-refractivity contribution in [2.24, 2.45) is 5.92 Å². The monoisotopic (exact) mass is 257 g/mol. The van der Waals surface area contributed by atoms with Crippen LogP contribution in [-0.2, 0) is 9.53 Å². The zero-order valence-electron chi connectivity index (χ0n) is 10.7. The van der Waals surface area contributed by atoms with E-state index in [4.69, 9.17) is 4.74 Å². The Morgan fingerprint density at radius 3 is 3.00 bits per heavy atom. The predicted octanol–water partition coefficient (Wildman–Crippen LogP) is 2.71. The number of benzene rings is 1. The normalized spacial score (nSPS) is 22.8. The van der Waals surface area contributed by atoms with E-state index in [2.05, 4.69) is 4.98 Å². The van der Waals surface area contributed by atoms with Crippen LogP contribution in [0.3, 0.4) is 0 Å². The van der Waals surface area contributed by atoms with Gasteiger partial charge < -0.3 is 9.84 Å². The SMILES string of the molecule is Cc1ccc2cc(C3OCCC3C(=O)O)ccc2n1. The smallest absolute Gasteiger partial charge is 0.309 e. The molecule has 1 aliphatic heterocycles. The van der Waals surface area contributed by atoms with Crippen LogP contribution in [0.5, 0.6) is 0 Å². The second kappa shape index (κ2) is 4.63. The molecule has 2 aromatic rings. The third-order valence-electron chi connectivity index (χ3n) is 3.59. The van der Waals surface area contributed by atoms with E-state index in [1.54, 1.807) is 0 Å². The Morgan fingerprint density at radius 1 is 1.37 bits per heavy atom. The maximum atomic E-state index is 11.2. The second-order valence-corrected chi connectivity index (χ2v) is 4.93. The first-order valence-electron chi connectivity index (χ1n) is 6.37. The number of hydrogen-bond donors (Lipinski definition) is 1. The highest BCUT2D eigenvalue weighted by Gasteiger charge is 2.35. The van der Waals surface area contributed by atoms with Crippen molar-refractivity contribution in [2.45, 2.75) is 19.4 Å². The van der Waals surface area contributed by atoms with E-state index in [9.17, 15) is 9.90 Å². The van der Waals surface area contributed by atoms with Crippen LogP contribution in [0.15, 0.2) is 30.3 Å². The van der Waals surface area contributed by atoms with Crippen molar-refractivity contribution in [2.75, 3.05) is 6.61 Å². The van der Waals surface area contributed by atoms with Crippen LogP contribution in [0, 0.1) is 12.8 Å². The number of fused-ring (bicyclic) bond motifs is 1. The summed E-state index contributed by atoms with van der Waals surface area (Å²) in [5.41, 5.74) is 2.82. The van der Waals surface area contributed by atoms with Gasteiger partial charge >= 0.3 is 5.97 Å². The van der Waals surface area contributed by atoms with E-state index in [1.165, 1.54) is 0 Å². The highest BCUT2D eigenvalue weighted by molar-refractivity contribution is 5.80. The van der Waals surface area contributed by atoms with Crippen LogP contribution in [0.2, 0.25) is 0 Å². The Morgan fingerprint density at radius 2 is 2.21 bits per heavy atom. The number of ether oxygens (including phenoxy) is 1. The minimum Gasteiger partial charge on any atom is -0.481 e. The van der Waals surface area contributed by atoms with Gasteiger partial charge in [0.1, 0.15) is 0 Å². The second-order valence-electron chi connectivity index (χ2n) is 4.93. The molecule has 3 rings (SSSR count). The lowest BCUT2D eigenvalue weighted by atomic mass is 9.94. The third-order valence-corrected chi connectivity index (χ3v) is 3.59. The van der Waals surface area contributed by atoms with E-state index < -0.39 is 11.9 Å². The van der Waals surface area contributed by atoms with E-state index in [0.29, 0.717) is 13.0 Å². The van der Waals surface area contributed by atoms with Crippen LogP contribution in [0.4, 0.5) is 0 Å². The summed E-state index contributed by atoms with van der Waals surface area (Å²) in [7, 11) is 0. The Labute approximate surface area is 111 Å². The van der Waals surface area contributed by atoms with Crippen molar-refractivity contribution >= 4 is 16.9 Å². The molecule has 4 nitrogen and oxygen atoms in total. The van der Waals surface area contributed by atoms with Gasteiger partial charge in [-0.2, -0.15) is 0 Å². The molecular formula is C15H15NO3.